The molecule has 1 aromatic carbocycles. The number of hydrogen-bond donors (Lipinski definition) is 1. The van der Waals surface area contributed by atoms with E-state index in [1.807, 2.05) is 11.8 Å². The van der Waals surface area contributed by atoms with Crippen molar-refractivity contribution in [1.29, 1.82) is 0 Å². The van der Waals surface area contributed by atoms with E-state index in [1.165, 1.54) is 6.07 Å². The third kappa shape index (κ3) is 3.34. The number of nitrogens with zero attached hydrogens (tertiary/aromatic N) is 3. The van der Waals surface area contributed by atoms with Gasteiger partial charge in [-0.1, -0.05) is 0 Å². The molecule has 2 aromatic rings. The summed E-state index contributed by atoms with van der Waals surface area (Å²) in [6, 6.07) is 3.82. The summed E-state index contributed by atoms with van der Waals surface area (Å²) in [7, 11) is 0. The molecule has 27 heavy (non-hydrogen) atoms. The van der Waals surface area contributed by atoms with Gasteiger partial charge in [0.25, 0.3) is 5.91 Å². The topological polar surface area (TPSA) is 64.2 Å². The quantitative estimate of drug-likeness (QED) is 0.867. The predicted octanol–water partition coefficient (Wildman–Crippen LogP) is 2.87. The normalized spacial score (nSPS) is 21.3. The number of nitrogens with two attached hydrogens (primary N) is 1. The Bertz CT molecular complexity index is 870. The van der Waals surface area contributed by atoms with Crippen LogP contribution in [0.5, 0.6) is 0 Å². The SMILES string of the molecule is CC1CC(CN)CN1C(=O)c1nn(-c2ccc(F)c(F)c2)c2c1CCC2.Cl. The predicted molar refractivity (Wildman–Crippen MR) is 100 cm³/mol. The van der Waals surface area contributed by atoms with Crippen molar-refractivity contribution in [1.82, 2.24) is 14.7 Å². The summed E-state index contributed by atoms with van der Waals surface area (Å²) >= 11 is 0. The summed E-state index contributed by atoms with van der Waals surface area (Å²) < 4.78 is 28.5. The van der Waals surface area contributed by atoms with Gasteiger partial charge in [0.15, 0.2) is 17.3 Å². The Morgan fingerprint density at radius 3 is 2.74 bits per heavy atom. The number of carbonyl (C=O) groups excluding carboxylic acids is 1. The van der Waals surface area contributed by atoms with Crippen LogP contribution in [0.3, 0.4) is 0 Å². The lowest BCUT2D eigenvalue weighted by molar-refractivity contribution is 0.0736. The van der Waals surface area contributed by atoms with E-state index < -0.39 is 11.6 Å². The minimum absolute atomic E-state index is 0. The van der Waals surface area contributed by atoms with Gasteiger partial charge in [-0.25, -0.2) is 13.5 Å². The fraction of sp³-hybridized carbons (Fsp3) is 0.474. The van der Waals surface area contributed by atoms with Crippen molar-refractivity contribution in [3.8, 4) is 5.69 Å². The van der Waals surface area contributed by atoms with Gasteiger partial charge in [0.2, 0.25) is 0 Å². The van der Waals surface area contributed by atoms with Crippen LogP contribution in [-0.4, -0.2) is 39.7 Å². The second kappa shape index (κ2) is 7.56. The Labute approximate surface area is 162 Å². The molecular weight excluding hydrogens is 374 g/mol. The Morgan fingerprint density at radius 1 is 1.30 bits per heavy atom. The molecule has 1 aliphatic heterocycles. The van der Waals surface area contributed by atoms with Crippen LogP contribution in [0.2, 0.25) is 0 Å². The molecule has 5 nitrogen and oxygen atoms in total. The van der Waals surface area contributed by atoms with Crippen molar-refractivity contribution in [2.24, 2.45) is 11.7 Å². The molecule has 1 amide bonds. The van der Waals surface area contributed by atoms with Crippen LogP contribution in [0.1, 0.15) is 41.5 Å². The number of hydrogen-bond acceptors (Lipinski definition) is 3. The van der Waals surface area contributed by atoms with Crippen molar-refractivity contribution in [2.45, 2.75) is 38.6 Å². The highest BCUT2D eigenvalue weighted by molar-refractivity contribution is 5.94. The molecule has 1 saturated heterocycles. The first-order valence-corrected chi connectivity index (χ1v) is 9.06. The number of benzene rings is 1. The van der Waals surface area contributed by atoms with Crippen LogP contribution in [0.4, 0.5) is 8.78 Å². The molecular formula is C19H23ClF2N4O. The Balaban J connectivity index is 0.00000210. The molecule has 2 aliphatic rings. The fourth-order valence-corrected chi connectivity index (χ4v) is 4.17. The summed E-state index contributed by atoms with van der Waals surface area (Å²) in [6.45, 7) is 3.24. The monoisotopic (exact) mass is 396 g/mol. The van der Waals surface area contributed by atoms with Gasteiger partial charge in [-0.2, -0.15) is 5.10 Å². The first-order valence-electron chi connectivity index (χ1n) is 9.06. The first kappa shape index (κ1) is 19.8. The van der Waals surface area contributed by atoms with Crippen molar-refractivity contribution < 1.29 is 13.6 Å². The number of aromatic nitrogens is 2. The molecule has 2 unspecified atom stereocenters. The molecule has 8 heteroatoms. The maximum atomic E-state index is 13.7. The number of likely N-dealkylation sites (tertiary alicyclic amines) is 1. The molecule has 0 bridgehead atoms. The molecule has 0 saturated carbocycles. The molecule has 1 fully saturated rings. The van der Waals surface area contributed by atoms with Gasteiger partial charge in [0.1, 0.15) is 0 Å². The average Bonchev–Trinajstić information content (AvgIpc) is 3.31. The van der Waals surface area contributed by atoms with Gasteiger partial charge < -0.3 is 10.6 Å². The second-order valence-electron chi connectivity index (χ2n) is 7.28. The number of carbonyl (C=O) groups is 1. The van der Waals surface area contributed by atoms with E-state index in [0.717, 1.165) is 49.1 Å². The molecule has 1 aliphatic carbocycles. The van der Waals surface area contributed by atoms with Gasteiger partial charge in [-0.3, -0.25) is 4.79 Å². The van der Waals surface area contributed by atoms with Crippen LogP contribution < -0.4 is 5.73 Å². The minimum Gasteiger partial charge on any atom is -0.334 e. The van der Waals surface area contributed by atoms with E-state index >= 15 is 0 Å². The maximum absolute atomic E-state index is 13.7. The minimum atomic E-state index is -0.920. The first-order chi connectivity index (χ1) is 12.5. The van der Waals surface area contributed by atoms with Crippen LogP contribution in [0.25, 0.3) is 5.69 Å². The van der Waals surface area contributed by atoms with Crippen LogP contribution >= 0.6 is 12.4 Å². The summed E-state index contributed by atoms with van der Waals surface area (Å²) in [6.07, 6.45) is 3.38. The van der Waals surface area contributed by atoms with Gasteiger partial charge in [0, 0.05) is 29.9 Å². The Kier molecular flexibility index (Phi) is 5.53. The summed E-state index contributed by atoms with van der Waals surface area (Å²) in [5.74, 6) is -1.59. The molecule has 1 aromatic heterocycles. The van der Waals surface area contributed by atoms with Gasteiger partial charge in [-0.05, 0) is 57.2 Å². The highest BCUT2D eigenvalue weighted by Crippen LogP contribution is 2.31. The zero-order valence-corrected chi connectivity index (χ0v) is 15.9. The summed E-state index contributed by atoms with van der Waals surface area (Å²) in [5.41, 5.74) is 8.50. The number of amides is 1. The number of halogens is 3. The maximum Gasteiger partial charge on any atom is 0.274 e. The molecule has 146 valence electrons. The highest BCUT2D eigenvalue weighted by Gasteiger charge is 2.36. The zero-order valence-electron chi connectivity index (χ0n) is 15.1. The van der Waals surface area contributed by atoms with Crippen LogP contribution in [-0.2, 0) is 12.8 Å². The second-order valence-corrected chi connectivity index (χ2v) is 7.28. The number of fused-ring (bicyclic) bond motifs is 1. The molecule has 0 spiro atoms. The van der Waals surface area contributed by atoms with Gasteiger partial charge >= 0.3 is 0 Å². The average molecular weight is 397 g/mol. The van der Waals surface area contributed by atoms with Crippen molar-refractivity contribution >= 4 is 18.3 Å². The van der Waals surface area contributed by atoms with E-state index in [9.17, 15) is 13.6 Å². The van der Waals surface area contributed by atoms with Crippen molar-refractivity contribution in [3.05, 3.63) is 46.8 Å². The summed E-state index contributed by atoms with van der Waals surface area (Å²) in [5, 5.41) is 4.51. The highest BCUT2D eigenvalue weighted by atomic mass is 35.5. The lowest BCUT2D eigenvalue weighted by atomic mass is 10.1. The van der Waals surface area contributed by atoms with E-state index in [-0.39, 0.29) is 24.4 Å². The summed E-state index contributed by atoms with van der Waals surface area (Å²) in [4.78, 5) is 15.0. The lowest BCUT2D eigenvalue weighted by Gasteiger charge is -2.20. The number of rotatable bonds is 3. The standard InChI is InChI=1S/C19H22F2N4O.ClH/c1-11-7-12(9-22)10-24(11)19(26)18-14-3-2-4-17(14)25(23-18)13-5-6-15(20)16(21)8-13;/h5-6,8,11-12H,2-4,7,9-10,22H2,1H3;1H. The zero-order chi connectivity index (χ0) is 18.4. The van der Waals surface area contributed by atoms with E-state index in [4.69, 9.17) is 5.73 Å². The van der Waals surface area contributed by atoms with E-state index in [1.54, 1.807) is 4.68 Å². The third-order valence-electron chi connectivity index (χ3n) is 5.54. The van der Waals surface area contributed by atoms with Crippen LogP contribution in [0.15, 0.2) is 18.2 Å². The third-order valence-corrected chi connectivity index (χ3v) is 5.54. The van der Waals surface area contributed by atoms with Crippen molar-refractivity contribution in [2.75, 3.05) is 13.1 Å². The Hall–Kier alpha value is -1.99. The molecule has 2 atom stereocenters. The van der Waals surface area contributed by atoms with Gasteiger partial charge in [0.05, 0.1) is 5.69 Å². The molecule has 0 radical (unpaired) electrons. The Morgan fingerprint density at radius 2 is 2.07 bits per heavy atom. The smallest absolute Gasteiger partial charge is 0.274 e. The fourth-order valence-electron chi connectivity index (χ4n) is 4.17. The molecule has 4 rings (SSSR count). The van der Waals surface area contributed by atoms with Gasteiger partial charge in [-0.15, -0.1) is 12.4 Å². The lowest BCUT2D eigenvalue weighted by Crippen LogP contribution is -2.35. The van der Waals surface area contributed by atoms with Crippen molar-refractivity contribution in [3.63, 3.8) is 0 Å². The molecule has 2 heterocycles. The molecule has 2 N–H and O–H groups in total. The van der Waals surface area contributed by atoms with E-state index in [2.05, 4.69) is 5.10 Å². The van der Waals surface area contributed by atoms with Crippen LogP contribution in [0, 0.1) is 17.6 Å². The largest absolute Gasteiger partial charge is 0.334 e. The van der Waals surface area contributed by atoms with E-state index in [0.29, 0.717) is 30.4 Å².